The van der Waals surface area contributed by atoms with E-state index in [-0.39, 0.29) is 5.02 Å². The predicted molar refractivity (Wildman–Crippen MR) is 74.4 cm³/mol. The van der Waals surface area contributed by atoms with Gasteiger partial charge in [0.25, 0.3) is 0 Å². The Morgan fingerprint density at radius 1 is 1.11 bits per heavy atom. The smallest absolute Gasteiger partial charge is 0.168 e. The van der Waals surface area contributed by atoms with Crippen LogP contribution in [-0.2, 0) is 0 Å². The van der Waals surface area contributed by atoms with Gasteiger partial charge in [0.1, 0.15) is 5.82 Å². The van der Waals surface area contributed by atoms with Gasteiger partial charge < -0.3 is 15.2 Å². The summed E-state index contributed by atoms with van der Waals surface area (Å²) in [7, 11) is 3.04. The van der Waals surface area contributed by atoms with E-state index >= 15 is 0 Å². The van der Waals surface area contributed by atoms with E-state index in [2.05, 4.69) is 0 Å². The highest BCUT2D eigenvalue weighted by Crippen LogP contribution is 2.42. The third kappa shape index (κ3) is 2.44. The molecule has 0 saturated heterocycles. The molecule has 0 fully saturated rings. The van der Waals surface area contributed by atoms with Gasteiger partial charge in [0, 0.05) is 11.1 Å². The summed E-state index contributed by atoms with van der Waals surface area (Å²) in [6, 6.07) is 7.78. The van der Waals surface area contributed by atoms with Crippen molar-refractivity contribution in [3.05, 3.63) is 41.2 Å². The second kappa shape index (κ2) is 5.36. The van der Waals surface area contributed by atoms with Crippen LogP contribution in [0.5, 0.6) is 11.5 Å². The van der Waals surface area contributed by atoms with E-state index in [1.807, 2.05) is 0 Å². The summed E-state index contributed by atoms with van der Waals surface area (Å²) in [6.45, 7) is 0. The van der Waals surface area contributed by atoms with Gasteiger partial charge in [-0.1, -0.05) is 23.7 Å². The van der Waals surface area contributed by atoms with Gasteiger partial charge in [-0.3, -0.25) is 0 Å². The molecule has 3 nitrogen and oxygen atoms in total. The Morgan fingerprint density at radius 2 is 1.84 bits per heavy atom. The number of ether oxygens (including phenoxy) is 2. The van der Waals surface area contributed by atoms with E-state index in [1.54, 1.807) is 18.2 Å². The average molecular weight is 282 g/mol. The molecule has 5 heteroatoms. The van der Waals surface area contributed by atoms with Crippen LogP contribution in [0.1, 0.15) is 0 Å². The van der Waals surface area contributed by atoms with Crippen LogP contribution < -0.4 is 15.2 Å². The number of nitrogens with two attached hydrogens (primary N) is 1. The average Bonchev–Trinajstić information content (AvgIpc) is 2.41. The Labute approximate surface area is 115 Å². The van der Waals surface area contributed by atoms with E-state index in [0.29, 0.717) is 28.3 Å². The van der Waals surface area contributed by atoms with E-state index in [4.69, 9.17) is 26.8 Å². The van der Waals surface area contributed by atoms with Crippen molar-refractivity contribution < 1.29 is 13.9 Å². The molecule has 100 valence electrons. The highest BCUT2D eigenvalue weighted by molar-refractivity contribution is 6.33. The van der Waals surface area contributed by atoms with Gasteiger partial charge in [0.05, 0.1) is 24.9 Å². The van der Waals surface area contributed by atoms with Crippen molar-refractivity contribution in [2.24, 2.45) is 0 Å². The van der Waals surface area contributed by atoms with Gasteiger partial charge >= 0.3 is 0 Å². The number of halogens is 2. The highest BCUT2D eigenvalue weighted by Gasteiger charge is 2.16. The first-order valence-corrected chi connectivity index (χ1v) is 5.92. The molecule has 0 spiro atoms. The topological polar surface area (TPSA) is 44.5 Å². The Balaban J connectivity index is 2.72. The summed E-state index contributed by atoms with van der Waals surface area (Å²) in [6.07, 6.45) is 0. The van der Waals surface area contributed by atoms with Crippen molar-refractivity contribution >= 4 is 17.3 Å². The predicted octanol–water partition coefficient (Wildman–Crippen LogP) is 3.75. The standard InChI is InChI=1S/C14H13ClFNO2/c1-18-12-5-3-4-9(14(12)19-2)10-6-8(16)7-11(15)13(10)17/h3-7H,17H2,1-2H3. The Hall–Kier alpha value is -1.94. The molecular weight excluding hydrogens is 269 g/mol. The molecule has 0 bridgehead atoms. The fourth-order valence-electron chi connectivity index (χ4n) is 1.91. The third-order valence-corrected chi connectivity index (χ3v) is 3.10. The largest absolute Gasteiger partial charge is 0.493 e. The van der Waals surface area contributed by atoms with Crippen molar-refractivity contribution in [1.82, 2.24) is 0 Å². The number of nitrogen functional groups attached to an aromatic ring is 1. The molecule has 0 aliphatic carbocycles. The summed E-state index contributed by atoms with van der Waals surface area (Å²) in [5, 5.41) is 0.167. The van der Waals surface area contributed by atoms with Gasteiger partial charge in [-0.25, -0.2) is 4.39 Å². The van der Waals surface area contributed by atoms with Crippen molar-refractivity contribution in [2.75, 3.05) is 20.0 Å². The van der Waals surface area contributed by atoms with Crippen LogP contribution in [0.15, 0.2) is 30.3 Å². The van der Waals surface area contributed by atoms with Crippen LogP contribution in [0, 0.1) is 5.82 Å². The number of benzene rings is 2. The number of hydrogen-bond donors (Lipinski definition) is 1. The molecule has 0 unspecified atom stereocenters. The van der Waals surface area contributed by atoms with Gasteiger partial charge in [-0.05, 0) is 18.2 Å². The maximum absolute atomic E-state index is 13.5. The fourth-order valence-corrected chi connectivity index (χ4v) is 2.11. The second-order valence-electron chi connectivity index (χ2n) is 3.89. The first kappa shape index (κ1) is 13.5. The van der Waals surface area contributed by atoms with E-state index < -0.39 is 5.82 Å². The number of anilines is 1. The number of methoxy groups -OCH3 is 2. The Morgan fingerprint density at radius 3 is 2.47 bits per heavy atom. The zero-order valence-electron chi connectivity index (χ0n) is 10.5. The lowest BCUT2D eigenvalue weighted by Gasteiger charge is -2.14. The summed E-state index contributed by atoms with van der Waals surface area (Å²) in [4.78, 5) is 0. The molecule has 2 N–H and O–H groups in total. The Bertz CT molecular complexity index is 617. The molecule has 0 atom stereocenters. The van der Waals surface area contributed by atoms with Crippen molar-refractivity contribution in [3.63, 3.8) is 0 Å². The van der Waals surface area contributed by atoms with E-state index in [9.17, 15) is 4.39 Å². The summed E-state index contributed by atoms with van der Waals surface area (Å²) < 4.78 is 24.0. The maximum Gasteiger partial charge on any atom is 0.168 e. The van der Waals surface area contributed by atoms with Crippen LogP contribution in [-0.4, -0.2) is 14.2 Å². The molecule has 0 aliphatic rings. The Kier molecular flexibility index (Phi) is 3.81. The van der Waals surface area contributed by atoms with Crippen molar-refractivity contribution in [1.29, 1.82) is 0 Å². The molecular formula is C14H13ClFNO2. The highest BCUT2D eigenvalue weighted by atomic mass is 35.5. The molecule has 0 amide bonds. The lowest BCUT2D eigenvalue weighted by Crippen LogP contribution is -1.97. The zero-order valence-corrected chi connectivity index (χ0v) is 11.3. The minimum atomic E-state index is -0.459. The minimum Gasteiger partial charge on any atom is -0.493 e. The van der Waals surface area contributed by atoms with Gasteiger partial charge in [0.15, 0.2) is 11.5 Å². The van der Waals surface area contributed by atoms with E-state index in [1.165, 1.54) is 26.4 Å². The SMILES string of the molecule is COc1cccc(-c2cc(F)cc(Cl)c2N)c1OC. The number of para-hydroxylation sites is 1. The monoisotopic (exact) mass is 281 g/mol. The summed E-state index contributed by atoms with van der Waals surface area (Å²) in [5.41, 5.74) is 7.30. The molecule has 2 aromatic rings. The lowest BCUT2D eigenvalue weighted by molar-refractivity contribution is 0.356. The first-order chi connectivity index (χ1) is 9.08. The first-order valence-electron chi connectivity index (χ1n) is 5.54. The molecule has 0 aromatic heterocycles. The van der Waals surface area contributed by atoms with Crippen LogP contribution in [0.25, 0.3) is 11.1 Å². The normalized spacial score (nSPS) is 10.3. The van der Waals surface area contributed by atoms with Crippen molar-refractivity contribution in [2.45, 2.75) is 0 Å². The summed E-state index contributed by atoms with van der Waals surface area (Å²) in [5.74, 6) is 0.567. The van der Waals surface area contributed by atoms with Crippen molar-refractivity contribution in [3.8, 4) is 22.6 Å². The van der Waals surface area contributed by atoms with Crippen LogP contribution in [0.3, 0.4) is 0 Å². The van der Waals surface area contributed by atoms with Crippen LogP contribution >= 0.6 is 11.6 Å². The van der Waals surface area contributed by atoms with Crippen LogP contribution in [0.4, 0.5) is 10.1 Å². The lowest BCUT2D eigenvalue weighted by atomic mass is 10.0. The maximum atomic E-state index is 13.5. The second-order valence-corrected chi connectivity index (χ2v) is 4.30. The molecule has 0 aliphatic heterocycles. The molecule has 2 aromatic carbocycles. The van der Waals surface area contributed by atoms with E-state index in [0.717, 1.165) is 0 Å². The number of hydrogen-bond acceptors (Lipinski definition) is 3. The molecule has 0 saturated carbocycles. The quantitative estimate of drug-likeness (QED) is 0.872. The summed E-state index contributed by atoms with van der Waals surface area (Å²) >= 11 is 5.90. The molecule has 0 radical (unpaired) electrons. The third-order valence-electron chi connectivity index (χ3n) is 2.79. The number of rotatable bonds is 3. The zero-order chi connectivity index (χ0) is 14.0. The van der Waals surface area contributed by atoms with Gasteiger partial charge in [-0.15, -0.1) is 0 Å². The van der Waals surface area contributed by atoms with Gasteiger partial charge in [0.2, 0.25) is 0 Å². The molecule has 19 heavy (non-hydrogen) atoms. The molecule has 2 rings (SSSR count). The minimum absolute atomic E-state index is 0.167. The van der Waals surface area contributed by atoms with Gasteiger partial charge in [-0.2, -0.15) is 0 Å². The fraction of sp³-hybridized carbons (Fsp3) is 0.143. The molecule has 0 heterocycles. The van der Waals surface area contributed by atoms with Crippen LogP contribution in [0.2, 0.25) is 5.02 Å².